The largest absolute Gasteiger partial charge is 0.381 e. The number of fused-ring (bicyclic) bond motifs is 1. The molecule has 3 unspecified atom stereocenters. The van der Waals surface area contributed by atoms with E-state index in [9.17, 15) is 0 Å². The van der Waals surface area contributed by atoms with E-state index in [0.717, 1.165) is 32.9 Å². The maximum atomic E-state index is 5.93. The molecule has 110 valence electrons. The van der Waals surface area contributed by atoms with Crippen LogP contribution >= 0.6 is 0 Å². The highest BCUT2D eigenvalue weighted by Gasteiger charge is 2.41. The fourth-order valence-electron chi connectivity index (χ4n) is 4.24. The van der Waals surface area contributed by atoms with E-state index in [1.807, 2.05) is 0 Å². The summed E-state index contributed by atoms with van der Waals surface area (Å²) in [5.41, 5.74) is 0.317. The molecule has 3 atom stereocenters. The second-order valence-electron chi connectivity index (χ2n) is 6.56. The van der Waals surface area contributed by atoms with Crippen LogP contribution in [0.3, 0.4) is 0 Å². The molecule has 2 aliphatic heterocycles. The summed E-state index contributed by atoms with van der Waals surface area (Å²) in [4.78, 5) is 2.70. The van der Waals surface area contributed by atoms with Gasteiger partial charge in [0.1, 0.15) is 0 Å². The van der Waals surface area contributed by atoms with Crippen molar-refractivity contribution in [3.63, 3.8) is 0 Å². The second-order valence-corrected chi connectivity index (χ2v) is 6.56. The first-order chi connectivity index (χ1) is 9.33. The van der Waals surface area contributed by atoms with Crippen LogP contribution in [0.4, 0.5) is 0 Å². The van der Waals surface area contributed by atoms with Gasteiger partial charge in [-0.05, 0) is 39.2 Å². The highest BCUT2D eigenvalue weighted by molar-refractivity contribution is 4.94. The van der Waals surface area contributed by atoms with Crippen LogP contribution in [0.25, 0.3) is 0 Å². The molecule has 1 aliphatic carbocycles. The van der Waals surface area contributed by atoms with E-state index in [-0.39, 0.29) is 0 Å². The fourth-order valence-corrected chi connectivity index (χ4v) is 4.24. The van der Waals surface area contributed by atoms with Crippen molar-refractivity contribution in [2.45, 2.75) is 44.2 Å². The Labute approximate surface area is 116 Å². The average molecular weight is 268 g/mol. The molecule has 0 bridgehead atoms. The fraction of sp³-hybridized carbons (Fsp3) is 1.00. The van der Waals surface area contributed by atoms with E-state index >= 15 is 0 Å². The van der Waals surface area contributed by atoms with Gasteiger partial charge >= 0.3 is 0 Å². The van der Waals surface area contributed by atoms with Crippen LogP contribution in [0.15, 0.2) is 0 Å². The smallest absolute Gasteiger partial charge is 0.0730 e. The summed E-state index contributed by atoms with van der Waals surface area (Å²) in [5, 5.41) is 3.39. The number of rotatable bonds is 4. The van der Waals surface area contributed by atoms with Crippen LogP contribution in [0, 0.1) is 5.41 Å². The van der Waals surface area contributed by atoms with E-state index in [0.29, 0.717) is 17.6 Å². The lowest BCUT2D eigenvalue weighted by molar-refractivity contribution is -0.0890. The molecule has 0 spiro atoms. The van der Waals surface area contributed by atoms with Crippen molar-refractivity contribution < 1.29 is 9.47 Å². The number of morpholine rings is 1. The van der Waals surface area contributed by atoms with Gasteiger partial charge in [0, 0.05) is 37.7 Å². The zero-order chi connectivity index (χ0) is 13.1. The number of ether oxygens (including phenoxy) is 2. The van der Waals surface area contributed by atoms with Gasteiger partial charge in [-0.2, -0.15) is 0 Å². The highest BCUT2D eigenvalue weighted by atomic mass is 16.5. The molecule has 2 heterocycles. The minimum Gasteiger partial charge on any atom is -0.381 e. The molecule has 0 aromatic carbocycles. The van der Waals surface area contributed by atoms with Crippen LogP contribution in [0.2, 0.25) is 0 Å². The van der Waals surface area contributed by atoms with Gasteiger partial charge < -0.3 is 14.8 Å². The quantitative estimate of drug-likeness (QED) is 0.832. The average Bonchev–Trinajstić information content (AvgIpc) is 2.89. The summed E-state index contributed by atoms with van der Waals surface area (Å²) in [5.74, 6) is 0. The first-order valence-corrected chi connectivity index (χ1v) is 7.91. The normalized spacial score (nSPS) is 40.3. The lowest BCUT2D eigenvalue weighted by atomic mass is 9.81. The topological polar surface area (TPSA) is 33.7 Å². The molecule has 0 amide bonds. The van der Waals surface area contributed by atoms with Gasteiger partial charge in [0.25, 0.3) is 0 Å². The van der Waals surface area contributed by atoms with Crippen LogP contribution in [-0.4, -0.2) is 63.5 Å². The number of hydrogen-bond acceptors (Lipinski definition) is 4. The van der Waals surface area contributed by atoms with E-state index in [1.165, 1.54) is 38.6 Å². The summed E-state index contributed by atoms with van der Waals surface area (Å²) >= 11 is 0. The summed E-state index contributed by atoms with van der Waals surface area (Å²) < 4.78 is 11.7. The van der Waals surface area contributed by atoms with Crippen LogP contribution < -0.4 is 5.32 Å². The van der Waals surface area contributed by atoms with Crippen LogP contribution in [0.5, 0.6) is 0 Å². The Bertz CT molecular complexity index is 286. The Balaban J connectivity index is 1.66. The SMILES string of the molecule is CNCC1(CN2CCOC3CCCC32)CCCOC1. The van der Waals surface area contributed by atoms with Gasteiger partial charge in [-0.3, -0.25) is 4.90 Å². The van der Waals surface area contributed by atoms with Gasteiger partial charge in [-0.15, -0.1) is 0 Å². The molecular weight excluding hydrogens is 240 g/mol. The third-order valence-electron chi connectivity index (χ3n) is 5.09. The van der Waals surface area contributed by atoms with E-state index < -0.39 is 0 Å². The summed E-state index contributed by atoms with van der Waals surface area (Å²) in [6, 6.07) is 0.671. The minimum absolute atomic E-state index is 0.317. The molecule has 3 rings (SSSR count). The number of nitrogens with one attached hydrogen (secondary N) is 1. The zero-order valence-corrected chi connectivity index (χ0v) is 12.2. The van der Waals surface area contributed by atoms with Gasteiger partial charge in [0.05, 0.1) is 19.3 Å². The van der Waals surface area contributed by atoms with Gasteiger partial charge in [0.15, 0.2) is 0 Å². The Kier molecular flexibility index (Phi) is 4.42. The molecule has 4 nitrogen and oxygen atoms in total. The Morgan fingerprint density at radius 3 is 3.00 bits per heavy atom. The Morgan fingerprint density at radius 2 is 2.21 bits per heavy atom. The maximum Gasteiger partial charge on any atom is 0.0730 e. The lowest BCUT2D eigenvalue weighted by Crippen LogP contribution is -2.55. The third-order valence-corrected chi connectivity index (χ3v) is 5.09. The molecule has 3 aliphatic rings. The predicted molar refractivity (Wildman–Crippen MR) is 75.4 cm³/mol. The van der Waals surface area contributed by atoms with E-state index in [1.54, 1.807) is 0 Å². The molecule has 0 radical (unpaired) electrons. The number of nitrogens with zero attached hydrogens (tertiary/aromatic N) is 1. The summed E-state index contributed by atoms with van der Waals surface area (Å²) in [6.45, 7) is 6.13. The predicted octanol–water partition coefficient (Wildman–Crippen LogP) is 1.26. The molecule has 19 heavy (non-hydrogen) atoms. The Hall–Kier alpha value is -0.160. The molecular formula is C15H28N2O2. The lowest BCUT2D eigenvalue weighted by Gasteiger charge is -2.45. The molecule has 1 saturated carbocycles. The summed E-state index contributed by atoms with van der Waals surface area (Å²) in [7, 11) is 2.06. The molecule has 3 fully saturated rings. The van der Waals surface area contributed by atoms with Gasteiger partial charge in [-0.1, -0.05) is 0 Å². The van der Waals surface area contributed by atoms with Gasteiger partial charge in [-0.25, -0.2) is 0 Å². The molecule has 4 heteroatoms. The maximum absolute atomic E-state index is 5.93. The van der Waals surface area contributed by atoms with Crippen molar-refractivity contribution >= 4 is 0 Å². The van der Waals surface area contributed by atoms with Crippen LogP contribution in [0.1, 0.15) is 32.1 Å². The van der Waals surface area contributed by atoms with Crippen LogP contribution in [-0.2, 0) is 9.47 Å². The molecule has 2 saturated heterocycles. The van der Waals surface area contributed by atoms with Crippen molar-refractivity contribution in [2.24, 2.45) is 5.41 Å². The Morgan fingerprint density at radius 1 is 1.26 bits per heavy atom. The first-order valence-electron chi connectivity index (χ1n) is 7.91. The molecule has 0 aromatic heterocycles. The van der Waals surface area contributed by atoms with Crippen molar-refractivity contribution in [3.8, 4) is 0 Å². The third kappa shape index (κ3) is 2.97. The standard InChI is InChI=1S/C15H28N2O2/c1-16-10-15(6-3-8-18-12-15)11-17-7-9-19-14-5-2-4-13(14)17/h13-14,16H,2-12H2,1H3. The zero-order valence-electron chi connectivity index (χ0n) is 12.2. The van der Waals surface area contributed by atoms with Crippen molar-refractivity contribution in [3.05, 3.63) is 0 Å². The van der Waals surface area contributed by atoms with E-state index in [4.69, 9.17) is 9.47 Å². The van der Waals surface area contributed by atoms with Crippen molar-refractivity contribution in [2.75, 3.05) is 46.5 Å². The minimum atomic E-state index is 0.317. The monoisotopic (exact) mass is 268 g/mol. The van der Waals surface area contributed by atoms with Crippen molar-refractivity contribution in [1.29, 1.82) is 0 Å². The highest BCUT2D eigenvalue weighted by Crippen LogP contribution is 2.35. The first kappa shape index (κ1) is 13.8. The van der Waals surface area contributed by atoms with E-state index in [2.05, 4.69) is 17.3 Å². The van der Waals surface area contributed by atoms with Gasteiger partial charge in [0.2, 0.25) is 0 Å². The number of hydrogen-bond donors (Lipinski definition) is 1. The van der Waals surface area contributed by atoms with Crippen molar-refractivity contribution in [1.82, 2.24) is 10.2 Å². The molecule has 0 aromatic rings. The molecule has 1 N–H and O–H groups in total. The summed E-state index contributed by atoms with van der Waals surface area (Å²) in [6.07, 6.45) is 6.92. The second kappa shape index (κ2) is 6.08.